The van der Waals surface area contributed by atoms with Gasteiger partial charge in [-0.2, -0.15) is 0 Å². The fourth-order valence-electron chi connectivity index (χ4n) is 4.47. The normalized spacial score (nSPS) is 14.2. The molecular weight excluding hydrogens is 470 g/mol. The van der Waals surface area contributed by atoms with Crippen LogP contribution in [0.25, 0.3) is 11.4 Å². The van der Waals surface area contributed by atoms with Crippen LogP contribution in [0.2, 0.25) is 5.02 Å². The van der Waals surface area contributed by atoms with E-state index in [4.69, 9.17) is 26.3 Å². The van der Waals surface area contributed by atoms with E-state index in [9.17, 15) is 0 Å². The average Bonchev–Trinajstić information content (AvgIpc) is 2.90. The molecule has 0 radical (unpaired) electrons. The number of anilines is 3. The molecule has 2 aromatic heterocycles. The van der Waals surface area contributed by atoms with Crippen molar-refractivity contribution in [3.63, 3.8) is 0 Å². The van der Waals surface area contributed by atoms with Crippen molar-refractivity contribution in [2.75, 3.05) is 23.3 Å². The summed E-state index contributed by atoms with van der Waals surface area (Å²) in [4.78, 5) is 16.3. The number of para-hydroxylation sites is 1. The highest BCUT2D eigenvalue weighted by molar-refractivity contribution is 6.30. The molecule has 1 aliphatic heterocycles. The monoisotopic (exact) mass is 499 g/mol. The predicted molar refractivity (Wildman–Crippen MR) is 146 cm³/mol. The molecule has 7 heteroatoms. The molecule has 0 atom stereocenters. The first-order chi connectivity index (χ1) is 17.5. The first-order valence-electron chi connectivity index (χ1n) is 12.4. The number of benzene rings is 2. The number of nitrogens with zero attached hydrogens (tertiary/aromatic N) is 4. The standard InChI is InChI=1S/C29H30ClN5O/c1-20(2)25-10-3-4-11-26(25)32-27-18-28(34-29(33-27)21-7-6-14-31-19-21)35-15-12-23(13-16-35)36-24-9-5-8-22(30)17-24/h3-11,14,17-20,23H,12-13,15-16H2,1-2H3,(H,32,33,34). The van der Waals surface area contributed by atoms with Crippen molar-refractivity contribution in [3.8, 4) is 17.1 Å². The molecule has 6 nitrogen and oxygen atoms in total. The third-order valence-electron chi connectivity index (χ3n) is 6.34. The minimum absolute atomic E-state index is 0.148. The largest absolute Gasteiger partial charge is 0.490 e. The Hall–Kier alpha value is -3.64. The Labute approximate surface area is 217 Å². The van der Waals surface area contributed by atoms with Crippen molar-refractivity contribution in [2.45, 2.75) is 38.7 Å². The van der Waals surface area contributed by atoms with Gasteiger partial charge in [-0.3, -0.25) is 4.98 Å². The lowest BCUT2D eigenvalue weighted by molar-refractivity contribution is 0.171. The highest BCUT2D eigenvalue weighted by atomic mass is 35.5. The Morgan fingerprint density at radius 1 is 0.972 bits per heavy atom. The van der Waals surface area contributed by atoms with Gasteiger partial charge in [-0.05, 0) is 47.9 Å². The molecule has 0 bridgehead atoms. The molecule has 4 aromatic rings. The number of pyridine rings is 1. The lowest BCUT2D eigenvalue weighted by Gasteiger charge is -2.33. The van der Waals surface area contributed by atoms with Gasteiger partial charge in [-0.15, -0.1) is 0 Å². The highest BCUT2D eigenvalue weighted by Crippen LogP contribution is 2.30. The van der Waals surface area contributed by atoms with E-state index in [2.05, 4.69) is 47.2 Å². The van der Waals surface area contributed by atoms with E-state index in [1.165, 1.54) is 5.56 Å². The van der Waals surface area contributed by atoms with E-state index in [-0.39, 0.29) is 6.10 Å². The Balaban J connectivity index is 1.38. The van der Waals surface area contributed by atoms with Gasteiger partial charge in [-0.25, -0.2) is 9.97 Å². The van der Waals surface area contributed by atoms with Crippen molar-refractivity contribution in [1.29, 1.82) is 0 Å². The van der Waals surface area contributed by atoms with E-state index in [1.54, 1.807) is 12.4 Å². The maximum absolute atomic E-state index is 6.19. The molecule has 3 heterocycles. The van der Waals surface area contributed by atoms with Gasteiger partial charge in [0.1, 0.15) is 23.5 Å². The van der Waals surface area contributed by atoms with Crippen LogP contribution in [0, 0.1) is 0 Å². The predicted octanol–water partition coefficient (Wildman–Crippen LogP) is 7.11. The van der Waals surface area contributed by atoms with Gasteiger partial charge in [0.2, 0.25) is 0 Å². The number of hydrogen-bond donors (Lipinski definition) is 1. The van der Waals surface area contributed by atoms with E-state index in [0.29, 0.717) is 16.8 Å². The zero-order valence-corrected chi connectivity index (χ0v) is 21.3. The topological polar surface area (TPSA) is 63.2 Å². The van der Waals surface area contributed by atoms with E-state index in [0.717, 1.165) is 54.6 Å². The fraction of sp³-hybridized carbons (Fsp3) is 0.276. The summed E-state index contributed by atoms with van der Waals surface area (Å²) < 4.78 is 6.19. The summed E-state index contributed by atoms with van der Waals surface area (Å²) in [6.07, 6.45) is 5.51. The number of rotatable bonds is 7. The van der Waals surface area contributed by atoms with Crippen LogP contribution in [-0.2, 0) is 0 Å². The molecular formula is C29H30ClN5O. The Morgan fingerprint density at radius 3 is 2.56 bits per heavy atom. The molecule has 0 aliphatic carbocycles. The molecule has 36 heavy (non-hydrogen) atoms. The zero-order chi connectivity index (χ0) is 24.9. The summed E-state index contributed by atoms with van der Waals surface area (Å²) in [5.41, 5.74) is 3.20. The maximum Gasteiger partial charge on any atom is 0.165 e. The number of ether oxygens (including phenoxy) is 1. The molecule has 1 fully saturated rings. The molecule has 0 unspecified atom stereocenters. The smallest absolute Gasteiger partial charge is 0.165 e. The molecule has 1 aliphatic rings. The van der Waals surface area contributed by atoms with Crippen LogP contribution in [0.3, 0.4) is 0 Å². The lowest BCUT2D eigenvalue weighted by atomic mass is 10.0. The van der Waals surface area contributed by atoms with E-state index >= 15 is 0 Å². The summed E-state index contributed by atoms with van der Waals surface area (Å²) >= 11 is 6.12. The number of piperidine rings is 1. The van der Waals surface area contributed by atoms with Crippen LogP contribution < -0.4 is 15.0 Å². The van der Waals surface area contributed by atoms with Crippen LogP contribution in [0.15, 0.2) is 79.1 Å². The quantitative estimate of drug-likeness (QED) is 0.292. The number of aromatic nitrogens is 3. The summed E-state index contributed by atoms with van der Waals surface area (Å²) in [7, 11) is 0. The Kier molecular flexibility index (Phi) is 7.33. The van der Waals surface area contributed by atoms with E-state index < -0.39 is 0 Å². The van der Waals surface area contributed by atoms with Crippen LogP contribution in [0.4, 0.5) is 17.3 Å². The first-order valence-corrected chi connectivity index (χ1v) is 12.8. The van der Waals surface area contributed by atoms with Gasteiger partial charge in [0.15, 0.2) is 5.82 Å². The average molecular weight is 500 g/mol. The molecule has 0 amide bonds. The van der Waals surface area contributed by atoms with Crippen molar-refractivity contribution in [1.82, 2.24) is 15.0 Å². The van der Waals surface area contributed by atoms with Gasteiger partial charge in [0.25, 0.3) is 0 Å². The summed E-state index contributed by atoms with van der Waals surface area (Å²) in [6.45, 7) is 6.08. The third-order valence-corrected chi connectivity index (χ3v) is 6.58. The summed E-state index contributed by atoms with van der Waals surface area (Å²) in [5.74, 6) is 3.53. The zero-order valence-electron chi connectivity index (χ0n) is 20.6. The second-order valence-corrected chi connectivity index (χ2v) is 9.74. The van der Waals surface area contributed by atoms with Crippen molar-refractivity contribution in [2.24, 2.45) is 0 Å². The van der Waals surface area contributed by atoms with Crippen LogP contribution in [0.5, 0.6) is 5.75 Å². The van der Waals surface area contributed by atoms with Crippen molar-refractivity contribution < 1.29 is 4.74 Å². The Morgan fingerprint density at radius 2 is 1.81 bits per heavy atom. The van der Waals surface area contributed by atoms with Gasteiger partial charge in [-0.1, -0.05) is 49.7 Å². The van der Waals surface area contributed by atoms with Crippen molar-refractivity contribution in [3.05, 3.63) is 89.7 Å². The lowest BCUT2D eigenvalue weighted by Crippen LogP contribution is -2.38. The van der Waals surface area contributed by atoms with Crippen LogP contribution in [0.1, 0.15) is 38.2 Å². The molecule has 184 valence electrons. The maximum atomic E-state index is 6.19. The molecule has 2 aromatic carbocycles. The van der Waals surface area contributed by atoms with Crippen LogP contribution >= 0.6 is 11.6 Å². The fourth-order valence-corrected chi connectivity index (χ4v) is 4.65. The third kappa shape index (κ3) is 5.77. The van der Waals surface area contributed by atoms with Gasteiger partial charge >= 0.3 is 0 Å². The van der Waals surface area contributed by atoms with Gasteiger partial charge < -0.3 is 15.0 Å². The van der Waals surface area contributed by atoms with Crippen LogP contribution in [-0.4, -0.2) is 34.1 Å². The molecule has 1 N–H and O–H groups in total. The molecule has 0 saturated carbocycles. The number of halogens is 1. The minimum Gasteiger partial charge on any atom is -0.490 e. The minimum atomic E-state index is 0.148. The number of hydrogen-bond acceptors (Lipinski definition) is 6. The molecule has 0 spiro atoms. The van der Waals surface area contributed by atoms with Gasteiger partial charge in [0, 0.05) is 60.7 Å². The summed E-state index contributed by atoms with van der Waals surface area (Å²) in [5, 5.41) is 4.24. The van der Waals surface area contributed by atoms with Gasteiger partial charge in [0.05, 0.1) is 0 Å². The molecule has 1 saturated heterocycles. The Bertz CT molecular complexity index is 1310. The first kappa shape index (κ1) is 24.1. The van der Waals surface area contributed by atoms with Crippen molar-refractivity contribution >= 4 is 28.9 Å². The SMILES string of the molecule is CC(C)c1ccccc1Nc1cc(N2CCC(Oc3cccc(Cl)c3)CC2)nc(-c2cccnc2)n1. The van der Waals surface area contributed by atoms with E-state index in [1.807, 2.05) is 48.5 Å². The second kappa shape index (κ2) is 11.0. The summed E-state index contributed by atoms with van der Waals surface area (Å²) in [6, 6.07) is 21.9. The highest BCUT2D eigenvalue weighted by Gasteiger charge is 2.23. The second-order valence-electron chi connectivity index (χ2n) is 9.31. The number of nitrogens with one attached hydrogen (secondary N) is 1. The molecule has 5 rings (SSSR count).